The van der Waals surface area contributed by atoms with Crippen molar-refractivity contribution in [2.45, 2.75) is 44.4 Å². The van der Waals surface area contributed by atoms with Crippen LogP contribution < -0.4 is 5.32 Å². The standard InChI is InChI=1S/C24H25N7OS/c1-30-13-17(11-27-30)16-9-20-23(25-10-16)31(14-26-20)12-15-6-7-19-22(8-15)33-24(29-19)28-18-4-2-3-5-21(18)32/h6-11,13-14,18,21,32H,2-5,12H2,1H3,(H,28,29)/t18-,21-/m1/s1. The molecule has 8 nitrogen and oxygen atoms in total. The molecule has 0 unspecified atom stereocenters. The number of hydrogen-bond acceptors (Lipinski definition) is 7. The molecule has 2 atom stereocenters. The summed E-state index contributed by atoms with van der Waals surface area (Å²) in [5.41, 5.74) is 5.92. The molecule has 33 heavy (non-hydrogen) atoms. The summed E-state index contributed by atoms with van der Waals surface area (Å²) in [7, 11) is 1.91. The number of hydrogen-bond donors (Lipinski definition) is 2. The molecule has 0 amide bonds. The van der Waals surface area contributed by atoms with Crippen molar-refractivity contribution in [2.24, 2.45) is 7.05 Å². The van der Waals surface area contributed by atoms with Crippen molar-refractivity contribution in [3.63, 3.8) is 0 Å². The molecule has 1 aromatic carbocycles. The lowest BCUT2D eigenvalue weighted by Gasteiger charge is -2.27. The second-order valence-corrected chi connectivity index (χ2v) is 9.80. The van der Waals surface area contributed by atoms with Gasteiger partial charge in [0, 0.05) is 30.6 Å². The molecular formula is C24H25N7OS. The van der Waals surface area contributed by atoms with Crippen molar-refractivity contribution in [2.75, 3.05) is 5.32 Å². The number of aryl methyl sites for hydroxylation is 1. The van der Waals surface area contributed by atoms with Crippen LogP contribution in [0.4, 0.5) is 5.13 Å². The number of nitrogens with zero attached hydrogens (tertiary/aromatic N) is 6. The number of aromatic nitrogens is 6. The Bertz CT molecular complexity index is 1440. The van der Waals surface area contributed by atoms with Crippen LogP contribution in [0.25, 0.3) is 32.5 Å². The summed E-state index contributed by atoms with van der Waals surface area (Å²) in [5, 5.41) is 18.8. The fourth-order valence-electron chi connectivity index (χ4n) is 4.56. The summed E-state index contributed by atoms with van der Waals surface area (Å²) in [6.45, 7) is 0.688. The maximum atomic E-state index is 10.3. The average Bonchev–Trinajstić information content (AvgIpc) is 3.53. The Balaban J connectivity index is 1.23. The van der Waals surface area contributed by atoms with E-state index in [1.807, 2.05) is 32.0 Å². The van der Waals surface area contributed by atoms with Crippen molar-refractivity contribution >= 4 is 37.8 Å². The average molecular weight is 460 g/mol. The summed E-state index contributed by atoms with van der Waals surface area (Å²) >= 11 is 1.64. The van der Waals surface area contributed by atoms with Gasteiger partial charge in [0.1, 0.15) is 5.52 Å². The number of benzene rings is 1. The molecular weight excluding hydrogens is 434 g/mol. The molecule has 0 bridgehead atoms. The van der Waals surface area contributed by atoms with Crippen LogP contribution in [-0.4, -0.2) is 46.6 Å². The van der Waals surface area contributed by atoms with Gasteiger partial charge in [-0.2, -0.15) is 5.10 Å². The third kappa shape index (κ3) is 3.98. The second kappa shape index (κ2) is 8.24. The number of imidazole rings is 1. The molecule has 168 valence electrons. The first-order valence-corrected chi connectivity index (χ1v) is 12.1. The molecule has 1 fully saturated rings. The van der Waals surface area contributed by atoms with Gasteiger partial charge >= 0.3 is 0 Å². The molecule has 5 aromatic rings. The van der Waals surface area contributed by atoms with Gasteiger partial charge < -0.3 is 15.0 Å². The van der Waals surface area contributed by atoms with Crippen molar-refractivity contribution in [3.8, 4) is 11.1 Å². The van der Waals surface area contributed by atoms with E-state index in [-0.39, 0.29) is 12.1 Å². The third-order valence-corrected chi connectivity index (χ3v) is 7.29. The van der Waals surface area contributed by atoms with Crippen LogP contribution in [0.1, 0.15) is 31.2 Å². The minimum absolute atomic E-state index is 0.0960. The zero-order valence-corrected chi connectivity index (χ0v) is 19.2. The van der Waals surface area contributed by atoms with Crippen molar-refractivity contribution < 1.29 is 5.11 Å². The van der Waals surface area contributed by atoms with E-state index in [0.717, 1.165) is 63.3 Å². The molecule has 1 saturated carbocycles. The topological polar surface area (TPSA) is 93.7 Å². The number of aliphatic hydroxyl groups is 1. The summed E-state index contributed by atoms with van der Waals surface area (Å²) in [5.74, 6) is 0. The van der Waals surface area contributed by atoms with Gasteiger partial charge in [-0.25, -0.2) is 15.0 Å². The molecule has 4 aromatic heterocycles. The number of aliphatic hydroxyl groups excluding tert-OH is 1. The quantitative estimate of drug-likeness (QED) is 0.409. The third-order valence-electron chi connectivity index (χ3n) is 6.34. The summed E-state index contributed by atoms with van der Waals surface area (Å²) in [4.78, 5) is 14.0. The highest BCUT2D eigenvalue weighted by atomic mass is 32.1. The van der Waals surface area contributed by atoms with Gasteiger partial charge in [0.25, 0.3) is 0 Å². The molecule has 1 aliphatic rings. The molecule has 2 N–H and O–H groups in total. The maximum Gasteiger partial charge on any atom is 0.184 e. The van der Waals surface area contributed by atoms with Gasteiger partial charge in [0.05, 0.1) is 41.4 Å². The van der Waals surface area contributed by atoms with E-state index in [0.29, 0.717) is 6.54 Å². The molecule has 4 heterocycles. The van der Waals surface area contributed by atoms with Crippen LogP contribution in [-0.2, 0) is 13.6 Å². The van der Waals surface area contributed by atoms with Crippen LogP contribution in [0.15, 0.2) is 49.2 Å². The smallest absolute Gasteiger partial charge is 0.184 e. The lowest BCUT2D eigenvalue weighted by Crippen LogP contribution is -2.36. The van der Waals surface area contributed by atoms with E-state index in [1.54, 1.807) is 16.0 Å². The predicted octanol–water partition coefficient (Wildman–Crippen LogP) is 4.21. The van der Waals surface area contributed by atoms with Gasteiger partial charge in [-0.15, -0.1) is 0 Å². The van der Waals surface area contributed by atoms with Crippen LogP contribution >= 0.6 is 11.3 Å². The molecule has 0 spiro atoms. The molecule has 0 saturated heterocycles. The second-order valence-electron chi connectivity index (χ2n) is 8.77. The van der Waals surface area contributed by atoms with Gasteiger partial charge in [0.15, 0.2) is 10.8 Å². The highest BCUT2D eigenvalue weighted by Gasteiger charge is 2.23. The lowest BCUT2D eigenvalue weighted by atomic mass is 9.93. The van der Waals surface area contributed by atoms with E-state index in [1.165, 1.54) is 5.56 Å². The number of pyridine rings is 1. The van der Waals surface area contributed by atoms with E-state index in [4.69, 9.17) is 4.98 Å². The van der Waals surface area contributed by atoms with Crippen molar-refractivity contribution in [3.05, 3.63) is 54.7 Å². The Kier molecular flexibility index (Phi) is 5.07. The number of fused-ring (bicyclic) bond motifs is 2. The highest BCUT2D eigenvalue weighted by Crippen LogP contribution is 2.30. The number of thiazole rings is 1. The first-order valence-electron chi connectivity index (χ1n) is 11.3. The summed E-state index contributed by atoms with van der Waals surface area (Å²) < 4.78 is 4.99. The first-order chi connectivity index (χ1) is 16.1. The van der Waals surface area contributed by atoms with E-state index >= 15 is 0 Å². The van der Waals surface area contributed by atoms with E-state index < -0.39 is 0 Å². The summed E-state index contributed by atoms with van der Waals surface area (Å²) in [6.07, 6.45) is 11.4. The molecule has 0 radical (unpaired) electrons. The fourth-order valence-corrected chi connectivity index (χ4v) is 5.55. The minimum Gasteiger partial charge on any atom is -0.391 e. The molecule has 0 aliphatic heterocycles. The Morgan fingerprint density at radius 3 is 2.85 bits per heavy atom. The number of anilines is 1. The zero-order valence-electron chi connectivity index (χ0n) is 18.3. The normalized spacial score (nSPS) is 18.8. The Hall–Kier alpha value is -3.30. The predicted molar refractivity (Wildman–Crippen MR) is 130 cm³/mol. The largest absolute Gasteiger partial charge is 0.391 e. The summed E-state index contributed by atoms with van der Waals surface area (Å²) in [6, 6.07) is 8.51. The Morgan fingerprint density at radius 2 is 2.00 bits per heavy atom. The molecule has 6 rings (SSSR count). The number of rotatable bonds is 5. The lowest BCUT2D eigenvalue weighted by molar-refractivity contribution is 0.116. The fraction of sp³-hybridized carbons (Fsp3) is 0.333. The molecule has 1 aliphatic carbocycles. The highest BCUT2D eigenvalue weighted by molar-refractivity contribution is 7.22. The molecule has 9 heteroatoms. The van der Waals surface area contributed by atoms with Gasteiger partial charge in [-0.05, 0) is 36.6 Å². The van der Waals surface area contributed by atoms with Crippen LogP contribution in [0.2, 0.25) is 0 Å². The monoisotopic (exact) mass is 459 g/mol. The van der Waals surface area contributed by atoms with Crippen molar-refractivity contribution in [1.82, 2.24) is 29.3 Å². The Labute approximate surface area is 194 Å². The SMILES string of the molecule is Cn1cc(-c2cnc3c(c2)ncn3Cc2ccc3nc(N[C@@H]4CCCC[C@H]4O)sc3c2)cn1. The van der Waals surface area contributed by atoms with Crippen molar-refractivity contribution in [1.29, 1.82) is 0 Å². The van der Waals surface area contributed by atoms with E-state index in [9.17, 15) is 5.11 Å². The first kappa shape index (κ1) is 20.3. The van der Waals surface area contributed by atoms with Crippen LogP contribution in [0.3, 0.4) is 0 Å². The van der Waals surface area contributed by atoms with E-state index in [2.05, 4.69) is 49.2 Å². The van der Waals surface area contributed by atoms with Crippen LogP contribution in [0, 0.1) is 0 Å². The Morgan fingerprint density at radius 1 is 1.09 bits per heavy atom. The maximum absolute atomic E-state index is 10.3. The van der Waals surface area contributed by atoms with Gasteiger partial charge in [-0.1, -0.05) is 30.2 Å². The number of nitrogens with one attached hydrogen (secondary N) is 1. The van der Waals surface area contributed by atoms with Crippen LogP contribution in [0.5, 0.6) is 0 Å². The minimum atomic E-state index is -0.290. The van der Waals surface area contributed by atoms with Gasteiger partial charge in [-0.3, -0.25) is 4.68 Å². The zero-order chi connectivity index (χ0) is 22.4. The van der Waals surface area contributed by atoms with Gasteiger partial charge in [0.2, 0.25) is 0 Å².